The molecule has 0 saturated carbocycles. The van der Waals surface area contributed by atoms with Gasteiger partial charge in [0, 0.05) is 19.2 Å². The molecule has 100 valence electrons. The first-order valence-corrected chi connectivity index (χ1v) is 6.88. The highest BCUT2D eigenvalue weighted by atomic mass is 16.5. The van der Waals surface area contributed by atoms with Crippen LogP contribution in [0.1, 0.15) is 52.4 Å². The predicted octanol–water partition coefficient (Wildman–Crippen LogP) is 2.10. The third-order valence-electron chi connectivity index (χ3n) is 3.20. The molecule has 1 saturated heterocycles. The van der Waals surface area contributed by atoms with Crippen LogP contribution in [0.3, 0.4) is 0 Å². The largest absolute Gasteiger partial charge is 0.372 e. The lowest BCUT2D eigenvalue weighted by Crippen LogP contribution is -2.50. The highest BCUT2D eigenvalue weighted by molar-refractivity contribution is 5.76. The van der Waals surface area contributed by atoms with Gasteiger partial charge in [0.15, 0.2) is 0 Å². The molecule has 0 aromatic heterocycles. The maximum absolute atomic E-state index is 11.6. The minimum atomic E-state index is -0.0183. The average molecular weight is 242 g/mol. The van der Waals surface area contributed by atoms with E-state index >= 15 is 0 Å². The van der Waals surface area contributed by atoms with Gasteiger partial charge in [-0.05, 0) is 26.2 Å². The lowest BCUT2D eigenvalue weighted by atomic mass is 10.1. The number of amides is 1. The number of hydrazine groups is 1. The molecule has 1 rings (SSSR count). The van der Waals surface area contributed by atoms with E-state index in [0.29, 0.717) is 12.6 Å². The quantitative estimate of drug-likeness (QED) is 0.695. The molecule has 0 bridgehead atoms. The molecule has 0 aliphatic carbocycles. The van der Waals surface area contributed by atoms with Crippen LogP contribution in [0.25, 0.3) is 0 Å². The van der Waals surface area contributed by atoms with E-state index in [0.717, 1.165) is 19.4 Å². The molecule has 0 aromatic carbocycles. The van der Waals surface area contributed by atoms with Crippen molar-refractivity contribution >= 4 is 5.91 Å². The predicted molar refractivity (Wildman–Crippen MR) is 68.5 cm³/mol. The summed E-state index contributed by atoms with van der Waals surface area (Å²) < 4.78 is 5.34. The number of rotatable bonds is 7. The number of hydrogen-bond acceptors (Lipinski definition) is 3. The van der Waals surface area contributed by atoms with Crippen LogP contribution in [-0.4, -0.2) is 36.7 Å². The van der Waals surface area contributed by atoms with E-state index in [4.69, 9.17) is 4.74 Å². The van der Waals surface area contributed by atoms with E-state index in [2.05, 4.69) is 19.3 Å². The molecule has 0 spiro atoms. The molecule has 1 amide bonds. The summed E-state index contributed by atoms with van der Waals surface area (Å²) in [6.45, 7) is 6.15. The molecular formula is C13H26N2O2. The van der Waals surface area contributed by atoms with Gasteiger partial charge in [-0.1, -0.05) is 26.2 Å². The lowest BCUT2D eigenvalue weighted by molar-refractivity contribution is -0.132. The van der Waals surface area contributed by atoms with Crippen LogP contribution in [0.5, 0.6) is 0 Å². The molecule has 1 fully saturated rings. The number of hydrogen-bond donors (Lipinski definition) is 1. The molecule has 4 heteroatoms. The summed E-state index contributed by atoms with van der Waals surface area (Å²) in [5, 5.41) is 2.04. The van der Waals surface area contributed by atoms with Gasteiger partial charge in [-0.2, -0.15) is 0 Å². The molecule has 1 atom stereocenters. The Morgan fingerprint density at radius 1 is 1.41 bits per heavy atom. The van der Waals surface area contributed by atoms with Crippen molar-refractivity contribution in [2.24, 2.45) is 0 Å². The summed E-state index contributed by atoms with van der Waals surface area (Å²) >= 11 is 0. The molecule has 1 heterocycles. The van der Waals surface area contributed by atoms with Gasteiger partial charge in [-0.15, -0.1) is 0 Å². The maximum Gasteiger partial charge on any atom is 0.260 e. The Morgan fingerprint density at radius 3 is 2.94 bits per heavy atom. The fourth-order valence-corrected chi connectivity index (χ4v) is 2.08. The van der Waals surface area contributed by atoms with E-state index in [-0.39, 0.29) is 12.5 Å². The Morgan fingerprint density at radius 2 is 2.24 bits per heavy atom. The van der Waals surface area contributed by atoms with Crippen molar-refractivity contribution in [1.82, 2.24) is 10.4 Å². The summed E-state index contributed by atoms with van der Waals surface area (Å²) in [5.41, 5.74) is 2.93. The molecule has 0 radical (unpaired) electrons. The van der Waals surface area contributed by atoms with Crippen LogP contribution in [0.2, 0.25) is 0 Å². The molecule has 0 aromatic rings. The fraction of sp³-hybridized carbons (Fsp3) is 0.923. The SMILES string of the molecule is CCCCCOCC(=O)NN1CCCCC1C. The van der Waals surface area contributed by atoms with Gasteiger partial charge in [0.25, 0.3) is 5.91 Å². The van der Waals surface area contributed by atoms with Gasteiger partial charge in [-0.25, -0.2) is 5.01 Å². The second-order valence-corrected chi connectivity index (χ2v) is 4.83. The molecule has 1 N–H and O–H groups in total. The number of carbonyl (C=O) groups excluding carboxylic acids is 1. The van der Waals surface area contributed by atoms with Crippen molar-refractivity contribution in [3.8, 4) is 0 Å². The maximum atomic E-state index is 11.6. The Labute approximate surface area is 105 Å². The highest BCUT2D eigenvalue weighted by Gasteiger charge is 2.19. The second-order valence-electron chi connectivity index (χ2n) is 4.83. The summed E-state index contributed by atoms with van der Waals surface area (Å²) in [4.78, 5) is 11.6. The molecule has 1 aliphatic heterocycles. The first-order valence-electron chi connectivity index (χ1n) is 6.88. The standard InChI is InChI=1S/C13H26N2O2/c1-3-4-7-10-17-11-13(16)14-15-9-6-5-8-12(15)2/h12H,3-11H2,1-2H3,(H,14,16). The zero-order valence-corrected chi connectivity index (χ0v) is 11.2. The molecule has 17 heavy (non-hydrogen) atoms. The Bertz CT molecular complexity index is 221. The third kappa shape index (κ3) is 6.03. The normalized spacial score (nSPS) is 21.4. The van der Waals surface area contributed by atoms with Gasteiger partial charge in [-0.3, -0.25) is 10.2 Å². The lowest BCUT2D eigenvalue weighted by Gasteiger charge is -2.33. The number of nitrogens with zero attached hydrogens (tertiary/aromatic N) is 1. The van der Waals surface area contributed by atoms with Crippen molar-refractivity contribution in [3.05, 3.63) is 0 Å². The van der Waals surface area contributed by atoms with Crippen LogP contribution >= 0.6 is 0 Å². The minimum absolute atomic E-state index is 0.0183. The van der Waals surface area contributed by atoms with Gasteiger partial charge in [0.2, 0.25) is 0 Å². The van der Waals surface area contributed by atoms with Crippen molar-refractivity contribution < 1.29 is 9.53 Å². The molecule has 1 unspecified atom stereocenters. The number of ether oxygens (including phenoxy) is 1. The van der Waals surface area contributed by atoms with Crippen molar-refractivity contribution in [2.45, 2.75) is 58.4 Å². The van der Waals surface area contributed by atoms with Crippen LogP contribution in [-0.2, 0) is 9.53 Å². The molecule has 1 aliphatic rings. The van der Waals surface area contributed by atoms with Crippen molar-refractivity contribution in [2.75, 3.05) is 19.8 Å². The zero-order valence-electron chi connectivity index (χ0n) is 11.2. The van der Waals surface area contributed by atoms with E-state index in [1.165, 1.54) is 25.7 Å². The summed E-state index contributed by atoms with van der Waals surface area (Å²) in [7, 11) is 0. The topological polar surface area (TPSA) is 41.6 Å². The van der Waals surface area contributed by atoms with Gasteiger partial charge in [0.05, 0.1) is 0 Å². The number of unbranched alkanes of at least 4 members (excludes halogenated alkanes) is 2. The zero-order chi connectivity index (χ0) is 12.5. The van der Waals surface area contributed by atoms with Crippen molar-refractivity contribution in [3.63, 3.8) is 0 Å². The van der Waals surface area contributed by atoms with Crippen molar-refractivity contribution in [1.29, 1.82) is 0 Å². The van der Waals surface area contributed by atoms with Gasteiger partial charge in [0.1, 0.15) is 6.61 Å². The first kappa shape index (κ1) is 14.5. The molecular weight excluding hydrogens is 216 g/mol. The number of piperidine rings is 1. The van der Waals surface area contributed by atoms with Crippen LogP contribution < -0.4 is 5.43 Å². The Balaban J connectivity index is 2.07. The van der Waals surface area contributed by atoms with E-state index in [9.17, 15) is 4.79 Å². The third-order valence-corrected chi connectivity index (χ3v) is 3.20. The van der Waals surface area contributed by atoms with E-state index < -0.39 is 0 Å². The monoisotopic (exact) mass is 242 g/mol. The van der Waals surface area contributed by atoms with Gasteiger partial charge >= 0.3 is 0 Å². The van der Waals surface area contributed by atoms with Crippen LogP contribution in [0.15, 0.2) is 0 Å². The van der Waals surface area contributed by atoms with Gasteiger partial charge < -0.3 is 4.74 Å². The summed E-state index contributed by atoms with van der Waals surface area (Å²) in [6.07, 6.45) is 7.00. The van der Waals surface area contributed by atoms with E-state index in [1.54, 1.807) is 0 Å². The molecule has 4 nitrogen and oxygen atoms in total. The average Bonchev–Trinajstić information content (AvgIpc) is 2.32. The Kier molecular flexibility index (Phi) is 7.21. The highest BCUT2D eigenvalue weighted by Crippen LogP contribution is 2.13. The second kappa shape index (κ2) is 8.48. The fourth-order valence-electron chi connectivity index (χ4n) is 2.08. The smallest absolute Gasteiger partial charge is 0.260 e. The van der Waals surface area contributed by atoms with Crippen LogP contribution in [0.4, 0.5) is 0 Å². The number of carbonyl (C=O) groups is 1. The summed E-state index contributed by atoms with van der Waals surface area (Å²) in [6, 6.07) is 0.452. The van der Waals surface area contributed by atoms with E-state index in [1.807, 2.05) is 5.01 Å². The first-order chi connectivity index (χ1) is 8.24. The number of nitrogens with one attached hydrogen (secondary N) is 1. The Hall–Kier alpha value is -0.610. The minimum Gasteiger partial charge on any atom is -0.372 e. The van der Waals surface area contributed by atoms with Crippen LogP contribution in [0, 0.1) is 0 Å². The summed E-state index contributed by atoms with van der Waals surface area (Å²) in [5.74, 6) is -0.0183.